The number of rotatable bonds is 3. The van der Waals surface area contributed by atoms with Crippen LogP contribution in [0.25, 0.3) is 0 Å². The Kier molecular flexibility index (Phi) is 4.00. The molecule has 1 heterocycles. The van der Waals surface area contributed by atoms with Gasteiger partial charge in [0.15, 0.2) is 0 Å². The minimum Gasteiger partial charge on any atom is -0.495 e. The van der Waals surface area contributed by atoms with E-state index in [1.165, 1.54) is 24.1 Å². The van der Waals surface area contributed by atoms with E-state index in [4.69, 9.17) is 10.5 Å². The average Bonchev–Trinajstić information content (AvgIpc) is 2.38. The van der Waals surface area contributed by atoms with Crippen molar-refractivity contribution in [3.8, 4) is 5.75 Å². The molecule has 0 amide bonds. The molecule has 0 aromatic heterocycles. The Morgan fingerprint density at radius 3 is 2.83 bits per heavy atom. The van der Waals surface area contributed by atoms with E-state index in [-0.39, 0.29) is 0 Å². The summed E-state index contributed by atoms with van der Waals surface area (Å²) in [5, 5.41) is 0. The number of nitrogens with two attached hydrogens (primary N) is 1. The summed E-state index contributed by atoms with van der Waals surface area (Å²) in [5.41, 5.74) is 9.35. The van der Waals surface area contributed by atoms with Gasteiger partial charge in [-0.2, -0.15) is 0 Å². The Morgan fingerprint density at radius 1 is 1.44 bits per heavy atom. The maximum atomic E-state index is 5.99. The van der Waals surface area contributed by atoms with Crippen LogP contribution in [0.1, 0.15) is 32.3 Å². The number of aryl methyl sites for hydroxylation is 1. The topological polar surface area (TPSA) is 38.5 Å². The van der Waals surface area contributed by atoms with E-state index in [1.807, 2.05) is 0 Å². The van der Waals surface area contributed by atoms with Crippen LogP contribution < -0.4 is 15.4 Å². The standard InChI is InChI=1S/C15H24N2O/c1-4-12-8-13(16)15(18-3)9-14(12)17-7-5-6-11(2)10-17/h8-9,11H,4-7,10,16H2,1-3H3. The van der Waals surface area contributed by atoms with Crippen molar-refractivity contribution in [2.45, 2.75) is 33.1 Å². The highest BCUT2D eigenvalue weighted by atomic mass is 16.5. The molecule has 1 aromatic rings. The van der Waals surface area contributed by atoms with Crippen LogP contribution in [-0.2, 0) is 6.42 Å². The van der Waals surface area contributed by atoms with Gasteiger partial charge in [0, 0.05) is 24.8 Å². The van der Waals surface area contributed by atoms with Gasteiger partial charge >= 0.3 is 0 Å². The minimum atomic E-state index is 0.739. The second kappa shape index (κ2) is 5.51. The summed E-state index contributed by atoms with van der Waals surface area (Å²) in [4.78, 5) is 2.48. The van der Waals surface area contributed by atoms with E-state index >= 15 is 0 Å². The SMILES string of the molecule is CCc1cc(N)c(OC)cc1N1CCCC(C)C1. The van der Waals surface area contributed by atoms with Gasteiger partial charge in [-0.25, -0.2) is 0 Å². The predicted molar refractivity (Wildman–Crippen MR) is 77.4 cm³/mol. The van der Waals surface area contributed by atoms with Crippen molar-refractivity contribution in [1.82, 2.24) is 0 Å². The monoisotopic (exact) mass is 248 g/mol. The summed E-state index contributed by atoms with van der Waals surface area (Å²) in [6.45, 7) is 6.79. The first-order valence-corrected chi connectivity index (χ1v) is 6.87. The highest BCUT2D eigenvalue weighted by Gasteiger charge is 2.19. The number of nitrogen functional groups attached to an aromatic ring is 1. The summed E-state index contributed by atoms with van der Waals surface area (Å²) in [6.07, 6.45) is 3.62. The quantitative estimate of drug-likeness (QED) is 0.835. The number of hydrogen-bond donors (Lipinski definition) is 1. The van der Waals surface area contributed by atoms with Crippen molar-refractivity contribution in [3.05, 3.63) is 17.7 Å². The van der Waals surface area contributed by atoms with Gasteiger partial charge in [-0.05, 0) is 36.8 Å². The number of ether oxygens (including phenoxy) is 1. The van der Waals surface area contributed by atoms with Gasteiger partial charge in [0.2, 0.25) is 0 Å². The molecule has 1 aliphatic rings. The highest BCUT2D eigenvalue weighted by molar-refractivity contribution is 5.67. The summed E-state index contributed by atoms with van der Waals surface area (Å²) >= 11 is 0. The predicted octanol–water partition coefficient (Wildman–Crippen LogP) is 3.08. The van der Waals surface area contributed by atoms with Crippen LogP contribution in [-0.4, -0.2) is 20.2 Å². The third-order valence-corrected chi connectivity index (χ3v) is 3.81. The van der Waals surface area contributed by atoms with Crippen molar-refractivity contribution in [2.24, 2.45) is 5.92 Å². The van der Waals surface area contributed by atoms with Gasteiger partial charge < -0.3 is 15.4 Å². The van der Waals surface area contributed by atoms with Crippen LogP contribution in [0.4, 0.5) is 11.4 Å². The molecule has 0 radical (unpaired) electrons. The molecular formula is C15H24N2O. The second-order valence-corrected chi connectivity index (χ2v) is 5.27. The number of methoxy groups -OCH3 is 1. The molecule has 1 atom stereocenters. The molecule has 18 heavy (non-hydrogen) atoms. The van der Waals surface area contributed by atoms with Gasteiger partial charge in [0.05, 0.1) is 12.8 Å². The molecular weight excluding hydrogens is 224 g/mol. The van der Waals surface area contributed by atoms with Crippen molar-refractivity contribution >= 4 is 11.4 Å². The molecule has 2 rings (SSSR count). The van der Waals surface area contributed by atoms with Crippen LogP contribution in [0.15, 0.2) is 12.1 Å². The average molecular weight is 248 g/mol. The zero-order valence-corrected chi connectivity index (χ0v) is 11.7. The normalized spacial score (nSPS) is 19.9. The molecule has 1 saturated heterocycles. The largest absolute Gasteiger partial charge is 0.495 e. The van der Waals surface area contributed by atoms with E-state index in [2.05, 4.69) is 30.9 Å². The molecule has 2 N–H and O–H groups in total. The number of piperidine rings is 1. The molecule has 1 fully saturated rings. The zero-order valence-electron chi connectivity index (χ0n) is 11.7. The summed E-state index contributed by atoms with van der Waals surface area (Å²) in [7, 11) is 1.68. The van der Waals surface area contributed by atoms with E-state index in [0.717, 1.165) is 36.9 Å². The maximum absolute atomic E-state index is 5.99. The molecule has 3 nitrogen and oxygen atoms in total. The van der Waals surface area contributed by atoms with Gasteiger partial charge in [-0.15, -0.1) is 0 Å². The molecule has 0 saturated carbocycles. The molecule has 0 aliphatic carbocycles. The Morgan fingerprint density at radius 2 is 2.22 bits per heavy atom. The molecule has 100 valence electrons. The lowest BCUT2D eigenvalue weighted by molar-refractivity contribution is 0.415. The summed E-state index contributed by atoms with van der Waals surface area (Å²) in [6, 6.07) is 4.17. The molecule has 1 aromatic carbocycles. The van der Waals surface area contributed by atoms with Crippen molar-refractivity contribution < 1.29 is 4.74 Å². The number of hydrogen-bond acceptors (Lipinski definition) is 3. The van der Waals surface area contributed by atoms with E-state index in [0.29, 0.717) is 0 Å². The van der Waals surface area contributed by atoms with Gasteiger partial charge in [0.1, 0.15) is 5.75 Å². The lowest BCUT2D eigenvalue weighted by atomic mass is 9.98. The molecule has 0 spiro atoms. The lowest BCUT2D eigenvalue weighted by Crippen LogP contribution is -2.34. The lowest BCUT2D eigenvalue weighted by Gasteiger charge is -2.34. The van der Waals surface area contributed by atoms with Crippen LogP contribution in [0.3, 0.4) is 0 Å². The molecule has 1 aliphatic heterocycles. The number of anilines is 2. The number of benzene rings is 1. The first kappa shape index (κ1) is 13.1. The second-order valence-electron chi connectivity index (χ2n) is 5.27. The number of nitrogens with zero attached hydrogens (tertiary/aromatic N) is 1. The Labute approximate surface area is 110 Å². The third-order valence-electron chi connectivity index (χ3n) is 3.81. The van der Waals surface area contributed by atoms with Crippen molar-refractivity contribution in [1.29, 1.82) is 0 Å². The van der Waals surface area contributed by atoms with E-state index in [9.17, 15) is 0 Å². The van der Waals surface area contributed by atoms with Gasteiger partial charge in [-0.1, -0.05) is 13.8 Å². The third kappa shape index (κ3) is 2.55. The fourth-order valence-corrected chi connectivity index (χ4v) is 2.80. The maximum Gasteiger partial charge on any atom is 0.143 e. The van der Waals surface area contributed by atoms with Crippen molar-refractivity contribution in [2.75, 3.05) is 30.8 Å². The Hall–Kier alpha value is -1.38. The van der Waals surface area contributed by atoms with Crippen LogP contribution in [0, 0.1) is 5.92 Å². The fraction of sp³-hybridized carbons (Fsp3) is 0.600. The van der Waals surface area contributed by atoms with Gasteiger partial charge in [-0.3, -0.25) is 0 Å². The molecule has 0 bridgehead atoms. The molecule has 1 unspecified atom stereocenters. The zero-order chi connectivity index (χ0) is 13.1. The Bertz CT molecular complexity index is 417. The molecule has 3 heteroatoms. The Balaban J connectivity index is 2.35. The highest BCUT2D eigenvalue weighted by Crippen LogP contribution is 2.34. The van der Waals surface area contributed by atoms with E-state index < -0.39 is 0 Å². The van der Waals surface area contributed by atoms with Crippen LogP contribution >= 0.6 is 0 Å². The summed E-state index contributed by atoms with van der Waals surface area (Å²) in [5.74, 6) is 1.56. The minimum absolute atomic E-state index is 0.739. The smallest absolute Gasteiger partial charge is 0.143 e. The van der Waals surface area contributed by atoms with Crippen molar-refractivity contribution in [3.63, 3.8) is 0 Å². The fourth-order valence-electron chi connectivity index (χ4n) is 2.80. The first-order valence-electron chi connectivity index (χ1n) is 6.87. The van der Waals surface area contributed by atoms with Gasteiger partial charge in [0.25, 0.3) is 0 Å². The van der Waals surface area contributed by atoms with E-state index in [1.54, 1.807) is 7.11 Å². The first-order chi connectivity index (χ1) is 8.65. The summed E-state index contributed by atoms with van der Waals surface area (Å²) < 4.78 is 5.35. The van der Waals surface area contributed by atoms with Crippen LogP contribution in [0.5, 0.6) is 5.75 Å². The van der Waals surface area contributed by atoms with Crippen LogP contribution in [0.2, 0.25) is 0 Å².